The molecule has 2 fully saturated rings. The molecule has 4 nitrogen and oxygen atoms in total. The van der Waals surface area contributed by atoms with Crippen LogP contribution in [-0.2, 0) is 6.18 Å². The van der Waals surface area contributed by atoms with Crippen LogP contribution in [0.1, 0.15) is 31.2 Å². The van der Waals surface area contributed by atoms with Crippen LogP contribution in [0, 0.1) is 0 Å². The first-order valence-electron chi connectivity index (χ1n) is 8.52. The van der Waals surface area contributed by atoms with Crippen LogP contribution in [0.15, 0.2) is 18.2 Å². The Morgan fingerprint density at radius 1 is 1.12 bits per heavy atom. The lowest BCUT2D eigenvalue weighted by molar-refractivity contribution is -0.137. The molecule has 1 aliphatic heterocycles. The fourth-order valence-corrected chi connectivity index (χ4v) is 3.65. The lowest BCUT2D eigenvalue weighted by atomic mass is 10.1. The second-order valence-electron chi connectivity index (χ2n) is 6.57. The zero-order chi connectivity index (χ0) is 18.0. The number of halogens is 4. The minimum absolute atomic E-state index is 0.0818. The van der Waals surface area contributed by atoms with Crippen molar-refractivity contribution in [3.8, 4) is 0 Å². The van der Waals surface area contributed by atoms with Crippen LogP contribution in [-0.4, -0.2) is 43.2 Å². The summed E-state index contributed by atoms with van der Waals surface area (Å²) < 4.78 is 38.7. The molecule has 0 spiro atoms. The number of carbonyl (C=O) groups excluding carboxylic acids is 1. The van der Waals surface area contributed by atoms with Gasteiger partial charge in [-0.1, -0.05) is 24.4 Å². The van der Waals surface area contributed by atoms with Crippen molar-refractivity contribution >= 4 is 23.3 Å². The number of nitrogens with one attached hydrogen (secondary N) is 1. The van der Waals surface area contributed by atoms with Gasteiger partial charge in [0.25, 0.3) is 0 Å². The van der Waals surface area contributed by atoms with E-state index >= 15 is 0 Å². The second-order valence-corrected chi connectivity index (χ2v) is 6.98. The summed E-state index contributed by atoms with van der Waals surface area (Å²) in [7, 11) is 0. The van der Waals surface area contributed by atoms with Gasteiger partial charge in [0.05, 0.1) is 16.3 Å². The molecule has 2 aliphatic rings. The van der Waals surface area contributed by atoms with E-state index in [0.717, 1.165) is 37.8 Å². The minimum Gasteiger partial charge on any atom is -0.367 e. The Hall–Kier alpha value is -1.63. The highest BCUT2D eigenvalue weighted by atomic mass is 35.5. The molecule has 1 aliphatic carbocycles. The summed E-state index contributed by atoms with van der Waals surface area (Å²) in [6, 6.07) is 3.51. The molecular weight excluding hydrogens is 355 g/mol. The number of nitrogens with zero attached hydrogens (tertiary/aromatic N) is 2. The van der Waals surface area contributed by atoms with Crippen molar-refractivity contribution in [1.29, 1.82) is 0 Å². The number of carbonyl (C=O) groups is 1. The maximum absolute atomic E-state index is 12.9. The van der Waals surface area contributed by atoms with Crippen molar-refractivity contribution in [2.45, 2.75) is 37.9 Å². The third-order valence-electron chi connectivity index (χ3n) is 4.86. The van der Waals surface area contributed by atoms with Gasteiger partial charge in [-0.25, -0.2) is 4.79 Å². The van der Waals surface area contributed by atoms with Gasteiger partial charge in [-0.15, -0.1) is 0 Å². The number of benzene rings is 1. The highest BCUT2D eigenvalue weighted by molar-refractivity contribution is 6.33. The Labute approximate surface area is 149 Å². The number of anilines is 1. The highest BCUT2D eigenvalue weighted by Gasteiger charge is 2.32. The van der Waals surface area contributed by atoms with Gasteiger partial charge in [0, 0.05) is 32.2 Å². The van der Waals surface area contributed by atoms with Crippen LogP contribution in [0.3, 0.4) is 0 Å². The maximum atomic E-state index is 12.9. The molecule has 8 heteroatoms. The number of urea groups is 1. The van der Waals surface area contributed by atoms with Crippen LogP contribution >= 0.6 is 11.6 Å². The van der Waals surface area contributed by atoms with Crippen LogP contribution < -0.4 is 10.2 Å². The smallest absolute Gasteiger partial charge is 0.367 e. The van der Waals surface area contributed by atoms with E-state index in [1.807, 2.05) is 0 Å². The number of rotatable bonds is 2. The van der Waals surface area contributed by atoms with E-state index in [4.69, 9.17) is 11.6 Å². The van der Waals surface area contributed by atoms with Crippen LogP contribution in [0.25, 0.3) is 0 Å². The zero-order valence-electron chi connectivity index (χ0n) is 13.8. The lowest BCUT2D eigenvalue weighted by Gasteiger charge is -2.37. The normalized spacial score (nSPS) is 19.4. The van der Waals surface area contributed by atoms with E-state index in [1.165, 1.54) is 6.07 Å². The standard InChI is InChI=1S/C17H21ClF3N3O/c18-14-6-5-12(17(19,20)21)11-15(14)23-7-9-24(10-8-23)16(25)22-13-3-1-2-4-13/h5-6,11,13H,1-4,7-10H2,(H,22,25). The quantitative estimate of drug-likeness (QED) is 0.843. The van der Waals surface area contributed by atoms with E-state index in [-0.39, 0.29) is 17.1 Å². The topological polar surface area (TPSA) is 35.6 Å². The summed E-state index contributed by atoms with van der Waals surface area (Å²) >= 11 is 6.09. The Morgan fingerprint density at radius 2 is 1.76 bits per heavy atom. The van der Waals surface area contributed by atoms with E-state index < -0.39 is 11.7 Å². The molecule has 1 heterocycles. The summed E-state index contributed by atoms with van der Waals surface area (Å²) in [6.45, 7) is 1.84. The largest absolute Gasteiger partial charge is 0.416 e. The average molecular weight is 376 g/mol. The fourth-order valence-electron chi connectivity index (χ4n) is 3.42. The summed E-state index contributed by atoms with van der Waals surface area (Å²) in [5.74, 6) is 0. The molecule has 1 N–H and O–H groups in total. The maximum Gasteiger partial charge on any atom is 0.416 e. The molecule has 0 unspecified atom stereocenters. The van der Waals surface area contributed by atoms with Crippen molar-refractivity contribution in [3.05, 3.63) is 28.8 Å². The van der Waals surface area contributed by atoms with Crippen LogP contribution in [0.5, 0.6) is 0 Å². The highest BCUT2D eigenvalue weighted by Crippen LogP contribution is 2.35. The molecule has 0 aromatic heterocycles. The summed E-state index contributed by atoms with van der Waals surface area (Å²) in [6.07, 6.45) is -0.0705. The Kier molecular flexibility index (Phi) is 5.32. The Bertz CT molecular complexity index is 624. The number of piperazine rings is 1. The molecule has 1 aromatic rings. The number of hydrogen-bond donors (Lipinski definition) is 1. The Morgan fingerprint density at radius 3 is 2.36 bits per heavy atom. The minimum atomic E-state index is -4.40. The first-order chi connectivity index (χ1) is 11.8. The van der Waals surface area contributed by atoms with Gasteiger partial charge in [-0.3, -0.25) is 0 Å². The van der Waals surface area contributed by atoms with E-state index in [9.17, 15) is 18.0 Å². The number of alkyl halides is 3. The first-order valence-corrected chi connectivity index (χ1v) is 8.89. The predicted molar refractivity (Wildman–Crippen MR) is 91.0 cm³/mol. The molecule has 0 radical (unpaired) electrons. The van der Waals surface area contributed by atoms with E-state index in [2.05, 4.69) is 5.32 Å². The molecule has 0 atom stereocenters. The van der Waals surface area contributed by atoms with Crippen molar-refractivity contribution < 1.29 is 18.0 Å². The number of hydrogen-bond acceptors (Lipinski definition) is 2. The molecule has 3 rings (SSSR count). The molecule has 138 valence electrons. The van der Waals surface area contributed by atoms with E-state index in [1.54, 1.807) is 9.80 Å². The van der Waals surface area contributed by atoms with E-state index in [0.29, 0.717) is 31.9 Å². The molecule has 1 saturated carbocycles. The van der Waals surface area contributed by atoms with Gasteiger partial charge in [0.2, 0.25) is 0 Å². The van der Waals surface area contributed by atoms with Crippen molar-refractivity contribution in [1.82, 2.24) is 10.2 Å². The molecular formula is C17H21ClF3N3O. The summed E-state index contributed by atoms with van der Waals surface area (Å²) in [5, 5.41) is 3.33. The van der Waals surface area contributed by atoms with Gasteiger partial charge in [0.1, 0.15) is 0 Å². The molecule has 1 aromatic carbocycles. The zero-order valence-corrected chi connectivity index (χ0v) is 14.5. The third kappa shape index (κ3) is 4.32. The SMILES string of the molecule is O=C(NC1CCCC1)N1CCN(c2cc(C(F)(F)F)ccc2Cl)CC1. The second kappa shape index (κ2) is 7.32. The molecule has 2 amide bonds. The molecule has 0 bridgehead atoms. The Balaban J connectivity index is 1.61. The number of amides is 2. The van der Waals surface area contributed by atoms with Crippen molar-refractivity contribution in [3.63, 3.8) is 0 Å². The van der Waals surface area contributed by atoms with Crippen LogP contribution in [0.2, 0.25) is 5.02 Å². The van der Waals surface area contributed by atoms with Gasteiger partial charge >= 0.3 is 12.2 Å². The van der Waals surface area contributed by atoms with Crippen LogP contribution in [0.4, 0.5) is 23.7 Å². The van der Waals surface area contributed by atoms with Crippen molar-refractivity contribution in [2.24, 2.45) is 0 Å². The first kappa shape index (κ1) is 18.2. The summed E-state index contributed by atoms with van der Waals surface area (Å²) in [5.41, 5.74) is -0.347. The average Bonchev–Trinajstić information content (AvgIpc) is 3.07. The van der Waals surface area contributed by atoms with Gasteiger partial charge in [0.15, 0.2) is 0 Å². The third-order valence-corrected chi connectivity index (χ3v) is 5.18. The van der Waals surface area contributed by atoms with Gasteiger partial charge in [-0.05, 0) is 31.0 Å². The van der Waals surface area contributed by atoms with Gasteiger partial charge < -0.3 is 15.1 Å². The monoisotopic (exact) mass is 375 g/mol. The molecule has 1 saturated heterocycles. The summed E-state index contributed by atoms with van der Waals surface area (Å²) in [4.78, 5) is 15.8. The van der Waals surface area contributed by atoms with Gasteiger partial charge in [-0.2, -0.15) is 13.2 Å². The lowest BCUT2D eigenvalue weighted by Crippen LogP contribution is -2.53. The predicted octanol–water partition coefficient (Wildman–Crippen LogP) is 4.13. The van der Waals surface area contributed by atoms with Crippen molar-refractivity contribution in [2.75, 3.05) is 31.1 Å². The molecule has 25 heavy (non-hydrogen) atoms. The fraction of sp³-hybridized carbons (Fsp3) is 0.588.